The number of aromatic nitrogens is 1. The predicted octanol–water partition coefficient (Wildman–Crippen LogP) is 4.41. The van der Waals surface area contributed by atoms with Crippen LogP contribution in [0.5, 0.6) is 5.75 Å². The van der Waals surface area contributed by atoms with Crippen LogP contribution in [0.15, 0.2) is 23.0 Å². The summed E-state index contributed by atoms with van der Waals surface area (Å²) in [6.45, 7) is 2.27. The van der Waals surface area contributed by atoms with Crippen molar-refractivity contribution in [3.8, 4) is 11.8 Å². The van der Waals surface area contributed by atoms with Crippen molar-refractivity contribution >= 4 is 0 Å². The second kappa shape index (κ2) is 7.40. The van der Waals surface area contributed by atoms with Crippen LogP contribution >= 0.6 is 0 Å². The Morgan fingerprint density at radius 3 is 2.53 bits per heavy atom. The fourth-order valence-corrected chi connectivity index (χ4v) is 3.72. The largest absolute Gasteiger partial charge is 0.493 e. The van der Waals surface area contributed by atoms with Gasteiger partial charge in [0.2, 0.25) is 5.82 Å². The number of nitrogens with one attached hydrogen (secondary N) is 1. The highest BCUT2D eigenvalue weighted by Crippen LogP contribution is 2.56. The zero-order chi connectivity index (χ0) is 22.4. The summed E-state index contributed by atoms with van der Waals surface area (Å²) < 4.78 is 79.3. The molecule has 1 aromatic heterocycles. The molecule has 0 amide bonds. The monoisotopic (exact) mass is 428 g/mol. The number of nitrogens with zero attached hydrogens (tertiary/aromatic N) is 1. The van der Waals surface area contributed by atoms with E-state index in [1.54, 1.807) is 6.07 Å². The van der Waals surface area contributed by atoms with E-state index in [0.29, 0.717) is 0 Å². The second-order valence-corrected chi connectivity index (χ2v) is 7.26. The Bertz CT molecular complexity index is 1090. The van der Waals surface area contributed by atoms with Crippen LogP contribution in [0.3, 0.4) is 0 Å². The molecule has 1 aromatic carbocycles. The average Bonchev–Trinajstić information content (AvgIpc) is 3.02. The number of aryl methyl sites for hydroxylation is 1. The summed E-state index contributed by atoms with van der Waals surface area (Å²) >= 11 is 0. The Balaban J connectivity index is 2.21. The molecule has 3 atom stereocenters. The highest BCUT2D eigenvalue weighted by molar-refractivity contribution is 5.42. The van der Waals surface area contributed by atoms with Gasteiger partial charge in [-0.3, -0.25) is 4.79 Å². The molecule has 0 saturated carbocycles. The van der Waals surface area contributed by atoms with Crippen molar-refractivity contribution in [2.75, 3.05) is 7.11 Å². The average molecular weight is 428 g/mol. The number of hydrogen-bond donors (Lipinski definition) is 1. The summed E-state index contributed by atoms with van der Waals surface area (Å²) in [5, 5.41) is 9.06. The van der Waals surface area contributed by atoms with Crippen LogP contribution in [0, 0.1) is 29.9 Å². The molecule has 0 radical (unpaired) electrons. The summed E-state index contributed by atoms with van der Waals surface area (Å²) in [4.78, 5) is 15.0. The number of pyridine rings is 1. The van der Waals surface area contributed by atoms with Gasteiger partial charge < -0.3 is 14.5 Å². The molecule has 3 rings (SSSR count). The summed E-state index contributed by atoms with van der Waals surface area (Å²) in [5.41, 5.74) is -3.38. The van der Waals surface area contributed by atoms with Crippen molar-refractivity contribution in [3.63, 3.8) is 0 Å². The van der Waals surface area contributed by atoms with E-state index in [2.05, 4.69) is 4.98 Å². The van der Waals surface area contributed by atoms with E-state index < -0.39 is 53.0 Å². The molecule has 0 aliphatic carbocycles. The van der Waals surface area contributed by atoms with Crippen LogP contribution in [0.1, 0.15) is 47.9 Å². The van der Waals surface area contributed by atoms with E-state index in [9.17, 15) is 26.7 Å². The smallest absolute Gasteiger partial charge is 0.417 e. The van der Waals surface area contributed by atoms with Crippen molar-refractivity contribution < 1.29 is 31.4 Å². The third kappa shape index (κ3) is 3.43. The minimum atomic E-state index is -4.77. The van der Waals surface area contributed by atoms with Gasteiger partial charge in [-0.15, -0.1) is 0 Å². The summed E-state index contributed by atoms with van der Waals surface area (Å²) in [5.74, 6) is -4.21. The van der Waals surface area contributed by atoms with E-state index in [-0.39, 0.29) is 22.5 Å². The van der Waals surface area contributed by atoms with Crippen molar-refractivity contribution in [3.05, 3.63) is 62.6 Å². The maximum absolute atomic E-state index is 14.2. The van der Waals surface area contributed by atoms with Gasteiger partial charge in [0.05, 0.1) is 7.11 Å². The minimum absolute atomic E-state index is 0.0127. The first-order valence-corrected chi connectivity index (χ1v) is 8.84. The third-order valence-corrected chi connectivity index (χ3v) is 5.30. The molecule has 10 heteroatoms. The SMILES string of the molecule is COc1c([C@@H]2C[C@](C)(C(F)(F)F)O[C@H]2c2cc(=O)c(C#N)c(C)[nH]2)ccc(F)c1F. The second-order valence-electron chi connectivity index (χ2n) is 7.26. The Hall–Kier alpha value is -2.93. The molecule has 1 aliphatic rings. The molecule has 0 unspecified atom stereocenters. The number of methoxy groups -OCH3 is 1. The van der Waals surface area contributed by atoms with Crippen LogP contribution in [0.4, 0.5) is 22.0 Å². The van der Waals surface area contributed by atoms with Gasteiger partial charge >= 0.3 is 6.18 Å². The van der Waals surface area contributed by atoms with Gasteiger partial charge in [0.25, 0.3) is 0 Å². The lowest BCUT2D eigenvalue weighted by atomic mass is 9.85. The molecule has 2 aromatic rings. The normalized spacial score (nSPS) is 24.0. The minimum Gasteiger partial charge on any atom is -0.493 e. The summed E-state index contributed by atoms with van der Waals surface area (Å²) in [7, 11) is 1.07. The highest BCUT2D eigenvalue weighted by Gasteiger charge is 2.60. The van der Waals surface area contributed by atoms with Gasteiger partial charge in [-0.25, -0.2) is 4.39 Å². The Kier molecular flexibility index (Phi) is 5.37. The number of alkyl halides is 3. The van der Waals surface area contributed by atoms with Gasteiger partial charge in [-0.2, -0.15) is 22.8 Å². The van der Waals surface area contributed by atoms with E-state index in [4.69, 9.17) is 14.7 Å². The van der Waals surface area contributed by atoms with Crippen LogP contribution in [-0.2, 0) is 4.74 Å². The lowest BCUT2D eigenvalue weighted by Gasteiger charge is -2.27. The van der Waals surface area contributed by atoms with E-state index >= 15 is 0 Å². The van der Waals surface area contributed by atoms with E-state index in [1.165, 1.54) is 6.92 Å². The third-order valence-electron chi connectivity index (χ3n) is 5.30. The molecule has 30 heavy (non-hydrogen) atoms. The van der Waals surface area contributed by atoms with Crippen LogP contribution in [-0.4, -0.2) is 23.9 Å². The van der Waals surface area contributed by atoms with E-state index in [1.807, 2.05) is 0 Å². The Morgan fingerprint density at radius 1 is 1.33 bits per heavy atom. The first-order valence-electron chi connectivity index (χ1n) is 8.84. The van der Waals surface area contributed by atoms with Crippen molar-refractivity contribution in [2.45, 2.75) is 44.1 Å². The number of aromatic amines is 1. The summed E-state index contributed by atoms with van der Waals surface area (Å²) in [6, 6.07) is 4.63. The first-order chi connectivity index (χ1) is 13.9. The quantitative estimate of drug-likeness (QED) is 0.735. The van der Waals surface area contributed by atoms with Gasteiger partial charge in [0.1, 0.15) is 17.7 Å². The standard InChI is InChI=1S/C20H17F5N2O3/c1-9-12(8-26)15(28)6-14(27-9)17-11(7-19(2,30-17)20(23,24)25)10-4-5-13(21)16(22)18(10)29-3/h4-6,11,17H,7H2,1-3H3,(H,27,28)/t11-,17+,19+/m0/s1. The van der Waals surface area contributed by atoms with Crippen LogP contribution < -0.4 is 10.2 Å². The molecule has 0 spiro atoms. The lowest BCUT2D eigenvalue weighted by Crippen LogP contribution is -2.41. The number of H-pyrrole nitrogens is 1. The lowest BCUT2D eigenvalue weighted by molar-refractivity contribution is -0.265. The number of benzene rings is 1. The fraction of sp³-hybridized carbons (Fsp3) is 0.400. The molecule has 1 aliphatic heterocycles. The molecule has 160 valence electrons. The number of rotatable bonds is 3. The van der Waals surface area contributed by atoms with Gasteiger partial charge in [-0.05, 0) is 26.3 Å². The first kappa shape index (κ1) is 21.8. The zero-order valence-electron chi connectivity index (χ0n) is 16.2. The molecule has 1 saturated heterocycles. The van der Waals surface area contributed by atoms with Gasteiger partial charge in [0, 0.05) is 28.9 Å². The molecule has 1 N–H and O–H groups in total. The van der Waals surface area contributed by atoms with Gasteiger partial charge in [0.15, 0.2) is 22.6 Å². The topological polar surface area (TPSA) is 75.1 Å². The maximum Gasteiger partial charge on any atom is 0.417 e. The van der Waals surface area contributed by atoms with Crippen LogP contribution in [0.2, 0.25) is 0 Å². The predicted molar refractivity (Wildman–Crippen MR) is 95.1 cm³/mol. The maximum atomic E-state index is 14.2. The molecular weight excluding hydrogens is 411 g/mol. The zero-order valence-corrected chi connectivity index (χ0v) is 16.2. The van der Waals surface area contributed by atoms with Crippen molar-refractivity contribution in [1.82, 2.24) is 4.98 Å². The Morgan fingerprint density at radius 2 is 2.00 bits per heavy atom. The molecule has 1 fully saturated rings. The molecular formula is C20H17F5N2O3. The van der Waals surface area contributed by atoms with Crippen LogP contribution in [0.25, 0.3) is 0 Å². The van der Waals surface area contributed by atoms with Crippen molar-refractivity contribution in [1.29, 1.82) is 5.26 Å². The van der Waals surface area contributed by atoms with Gasteiger partial charge in [-0.1, -0.05) is 6.07 Å². The Labute approximate surface area is 168 Å². The number of hydrogen-bond acceptors (Lipinski definition) is 4. The van der Waals surface area contributed by atoms with E-state index in [0.717, 1.165) is 32.2 Å². The molecule has 2 heterocycles. The van der Waals surface area contributed by atoms with Crippen molar-refractivity contribution in [2.24, 2.45) is 0 Å². The number of ether oxygens (including phenoxy) is 2. The number of halogens is 5. The summed E-state index contributed by atoms with van der Waals surface area (Å²) in [6.07, 6.45) is -6.74. The molecule has 0 bridgehead atoms. The number of nitriles is 1. The molecule has 5 nitrogen and oxygen atoms in total. The highest BCUT2D eigenvalue weighted by atomic mass is 19.4. The fourth-order valence-electron chi connectivity index (χ4n) is 3.72.